The van der Waals surface area contributed by atoms with Crippen LogP contribution in [0.2, 0.25) is 0 Å². The van der Waals surface area contributed by atoms with Gasteiger partial charge in [-0.1, -0.05) is 0 Å². The van der Waals surface area contributed by atoms with Gasteiger partial charge in [-0.3, -0.25) is 14.4 Å². The van der Waals surface area contributed by atoms with Crippen molar-refractivity contribution in [2.24, 2.45) is 5.92 Å². The Morgan fingerprint density at radius 1 is 1.61 bits per heavy atom. The average Bonchev–Trinajstić information content (AvgIpc) is 2.48. The second kappa shape index (κ2) is 5.84. The van der Waals surface area contributed by atoms with E-state index in [0.29, 0.717) is 12.8 Å². The molecule has 6 nitrogen and oxygen atoms in total. The van der Waals surface area contributed by atoms with E-state index in [1.165, 1.54) is 0 Å². The number of hydrogen-bond acceptors (Lipinski definition) is 3. The van der Waals surface area contributed by atoms with E-state index in [4.69, 9.17) is 0 Å². The topological polar surface area (TPSA) is 87.3 Å². The minimum absolute atomic E-state index is 0.0316. The highest BCUT2D eigenvalue weighted by molar-refractivity contribution is 5.82. The molecule has 0 saturated carbocycles. The van der Waals surface area contributed by atoms with E-state index in [9.17, 15) is 14.4 Å². The van der Waals surface area contributed by atoms with Gasteiger partial charge in [-0.2, -0.15) is 0 Å². The Hall–Kier alpha value is -1.59. The van der Waals surface area contributed by atoms with Gasteiger partial charge in [-0.05, 0) is 33.6 Å². The summed E-state index contributed by atoms with van der Waals surface area (Å²) >= 11 is 0. The van der Waals surface area contributed by atoms with Gasteiger partial charge in [0.15, 0.2) is 0 Å². The lowest BCUT2D eigenvalue weighted by Crippen LogP contribution is -2.40. The van der Waals surface area contributed by atoms with Gasteiger partial charge in [0.05, 0.1) is 6.54 Å². The molecule has 6 heteroatoms. The standard InChI is InChI=1S/C12H21N3O3/c1-8(14-10(17)6-13-7-16)4-9-5-12(2,3)15-11(9)18/h7-9H,4-6H2,1-3H3,(H,13,16)(H,14,17)(H,15,18). The molecule has 1 saturated heterocycles. The summed E-state index contributed by atoms with van der Waals surface area (Å²) in [5.41, 5.74) is -0.162. The predicted octanol–water partition coefficient (Wildman–Crippen LogP) is -0.458. The zero-order valence-electron chi connectivity index (χ0n) is 11.1. The van der Waals surface area contributed by atoms with Crippen LogP contribution >= 0.6 is 0 Å². The molecule has 0 aliphatic carbocycles. The molecule has 0 bridgehead atoms. The van der Waals surface area contributed by atoms with Crippen molar-refractivity contribution in [1.82, 2.24) is 16.0 Å². The Kier molecular flexibility index (Phi) is 4.69. The molecule has 0 spiro atoms. The molecule has 1 aliphatic rings. The summed E-state index contributed by atoms with van der Waals surface area (Å²) in [5, 5.41) is 7.97. The normalized spacial score (nSPS) is 23.1. The lowest BCUT2D eigenvalue weighted by atomic mass is 9.92. The summed E-state index contributed by atoms with van der Waals surface area (Å²) in [4.78, 5) is 33.1. The highest BCUT2D eigenvalue weighted by atomic mass is 16.2. The van der Waals surface area contributed by atoms with Crippen LogP contribution in [-0.2, 0) is 14.4 Å². The molecular formula is C12H21N3O3. The van der Waals surface area contributed by atoms with Gasteiger partial charge in [0.2, 0.25) is 18.2 Å². The summed E-state index contributed by atoms with van der Waals surface area (Å²) in [7, 11) is 0. The van der Waals surface area contributed by atoms with Gasteiger partial charge in [0, 0.05) is 17.5 Å². The minimum Gasteiger partial charge on any atom is -0.352 e. The predicted molar refractivity (Wildman–Crippen MR) is 66.6 cm³/mol. The zero-order valence-corrected chi connectivity index (χ0v) is 11.1. The third-order valence-electron chi connectivity index (χ3n) is 2.98. The first-order chi connectivity index (χ1) is 8.34. The number of amides is 3. The molecule has 1 rings (SSSR count). The van der Waals surface area contributed by atoms with Crippen LogP contribution in [0.3, 0.4) is 0 Å². The Morgan fingerprint density at radius 2 is 2.28 bits per heavy atom. The third-order valence-corrected chi connectivity index (χ3v) is 2.98. The largest absolute Gasteiger partial charge is 0.352 e. The molecule has 1 aliphatic heterocycles. The molecule has 1 heterocycles. The molecule has 2 unspecified atom stereocenters. The molecular weight excluding hydrogens is 234 g/mol. The number of nitrogens with one attached hydrogen (secondary N) is 3. The molecule has 0 aromatic rings. The maximum absolute atomic E-state index is 11.7. The molecule has 18 heavy (non-hydrogen) atoms. The van der Waals surface area contributed by atoms with E-state index in [2.05, 4.69) is 16.0 Å². The van der Waals surface area contributed by atoms with E-state index in [-0.39, 0.29) is 35.9 Å². The number of carbonyl (C=O) groups is 3. The quantitative estimate of drug-likeness (QED) is 0.561. The maximum Gasteiger partial charge on any atom is 0.239 e. The summed E-state index contributed by atoms with van der Waals surface area (Å²) in [5.74, 6) is -0.256. The highest BCUT2D eigenvalue weighted by Gasteiger charge is 2.37. The number of rotatable bonds is 6. The first-order valence-electron chi connectivity index (χ1n) is 6.12. The summed E-state index contributed by atoms with van der Waals surface area (Å²) in [6.07, 6.45) is 1.87. The number of carbonyl (C=O) groups excluding carboxylic acids is 3. The van der Waals surface area contributed by atoms with Gasteiger partial charge >= 0.3 is 0 Å². The Labute approximate surface area is 107 Å². The summed E-state index contributed by atoms with van der Waals surface area (Å²) in [6, 6.07) is -0.0874. The van der Waals surface area contributed by atoms with Gasteiger partial charge in [0.25, 0.3) is 0 Å². The van der Waals surface area contributed by atoms with E-state index >= 15 is 0 Å². The third kappa shape index (κ3) is 4.35. The van der Waals surface area contributed by atoms with Gasteiger partial charge < -0.3 is 16.0 Å². The first-order valence-corrected chi connectivity index (χ1v) is 6.12. The first kappa shape index (κ1) is 14.5. The molecule has 0 aromatic heterocycles. The van der Waals surface area contributed by atoms with Crippen molar-refractivity contribution in [3.63, 3.8) is 0 Å². The SMILES string of the molecule is CC(CC1CC(C)(C)NC1=O)NC(=O)CNC=O. The Balaban J connectivity index is 2.36. The van der Waals surface area contributed by atoms with E-state index in [1.807, 2.05) is 20.8 Å². The minimum atomic E-state index is -0.243. The van der Waals surface area contributed by atoms with Crippen molar-refractivity contribution in [3.05, 3.63) is 0 Å². The smallest absolute Gasteiger partial charge is 0.239 e. The monoisotopic (exact) mass is 255 g/mol. The van der Waals surface area contributed by atoms with E-state index in [0.717, 1.165) is 6.42 Å². The molecule has 3 amide bonds. The molecule has 0 radical (unpaired) electrons. The highest BCUT2D eigenvalue weighted by Crippen LogP contribution is 2.27. The van der Waals surface area contributed by atoms with Gasteiger partial charge in [-0.25, -0.2) is 0 Å². The molecule has 1 fully saturated rings. The zero-order chi connectivity index (χ0) is 13.8. The second-order valence-corrected chi connectivity index (χ2v) is 5.48. The summed E-state index contributed by atoms with van der Waals surface area (Å²) < 4.78 is 0. The Bertz CT molecular complexity index is 341. The van der Waals surface area contributed by atoms with Crippen molar-refractivity contribution in [3.8, 4) is 0 Å². The van der Waals surface area contributed by atoms with Gasteiger partial charge in [-0.15, -0.1) is 0 Å². The fourth-order valence-corrected chi connectivity index (χ4v) is 2.33. The lowest BCUT2D eigenvalue weighted by Gasteiger charge is -2.18. The molecule has 2 atom stereocenters. The summed E-state index contributed by atoms with van der Waals surface area (Å²) in [6.45, 7) is 5.80. The van der Waals surface area contributed by atoms with Crippen LogP contribution in [0.15, 0.2) is 0 Å². The molecule has 0 aromatic carbocycles. The van der Waals surface area contributed by atoms with Crippen LogP contribution in [0.1, 0.15) is 33.6 Å². The molecule has 102 valence electrons. The maximum atomic E-state index is 11.7. The van der Waals surface area contributed by atoms with Crippen molar-refractivity contribution < 1.29 is 14.4 Å². The van der Waals surface area contributed by atoms with Crippen molar-refractivity contribution in [2.45, 2.75) is 45.2 Å². The van der Waals surface area contributed by atoms with E-state index < -0.39 is 0 Å². The second-order valence-electron chi connectivity index (χ2n) is 5.48. The average molecular weight is 255 g/mol. The van der Waals surface area contributed by atoms with Crippen LogP contribution in [0.25, 0.3) is 0 Å². The number of hydrogen-bond donors (Lipinski definition) is 3. The van der Waals surface area contributed by atoms with Crippen LogP contribution in [-0.4, -0.2) is 36.3 Å². The molecule has 3 N–H and O–H groups in total. The Morgan fingerprint density at radius 3 is 2.78 bits per heavy atom. The fraction of sp³-hybridized carbons (Fsp3) is 0.750. The van der Waals surface area contributed by atoms with Crippen molar-refractivity contribution >= 4 is 18.2 Å². The van der Waals surface area contributed by atoms with Crippen LogP contribution in [0.5, 0.6) is 0 Å². The van der Waals surface area contributed by atoms with Crippen molar-refractivity contribution in [2.75, 3.05) is 6.54 Å². The van der Waals surface area contributed by atoms with Gasteiger partial charge in [0.1, 0.15) is 0 Å². The van der Waals surface area contributed by atoms with Crippen LogP contribution in [0.4, 0.5) is 0 Å². The van der Waals surface area contributed by atoms with Crippen LogP contribution < -0.4 is 16.0 Å². The fourth-order valence-electron chi connectivity index (χ4n) is 2.33. The van der Waals surface area contributed by atoms with Crippen molar-refractivity contribution in [1.29, 1.82) is 0 Å². The lowest BCUT2D eigenvalue weighted by molar-refractivity contribution is -0.124. The van der Waals surface area contributed by atoms with Crippen LogP contribution in [0, 0.1) is 5.92 Å². The van der Waals surface area contributed by atoms with E-state index in [1.54, 1.807) is 0 Å².